The molecule has 6 heteroatoms. The van der Waals surface area contributed by atoms with Gasteiger partial charge in [0.2, 0.25) is 0 Å². The first-order valence-electron chi connectivity index (χ1n) is 2.76. The summed E-state index contributed by atoms with van der Waals surface area (Å²) in [7, 11) is 8.41. The van der Waals surface area contributed by atoms with Crippen LogP contribution in [0.2, 0.25) is 11.0 Å². The van der Waals surface area contributed by atoms with Crippen molar-refractivity contribution in [3.05, 3.63) is 0 Å². The van der Waals surface area contributed by atoms with Crippen LogP contribution in [0, 0.1) is 0 Å². The summed E-state index contributed by atoms with van der Waals surface area (Å²) in [6.45, 7) is 0. The fourth-order valence-corrected chi connectivity index (χ4v) is 0. The zero-order chi connectivity index (χ0) is 8.08. The summed E-state index contributed by atoms with van der Waals surface area (Å²) in [6.07, 6.45) is -1.33. The predicted octanol–water partition coefficient (Wildman–Crippen LogP) is 1.55. The van der Waals surface area contributed by atoms with Crippen LogP contribution >= 0.6 is 21.2 Å². The molecular formula is C3H11NO2S2Zn. The molecule has 1 amide bonds. The summed E-state index contributed by atoms with van der Waals surface area (Å²) in [5.74, 6) is 0. The number of amides is 1. The summed E-state index contributed by atoms with van der Waals surface area (Å²) in [5.41, 5.74) is 8.30. The van der Waals surface area contributed by atoms with Gasteiger partial charge in [-0.2, -0.15) is 0 Å². The van der Waals surface area contributed by atoms with Crippen LogP contribution in [0.4, 0.5) is 4.79 Å². The van der Waals surface area contributed by atoms with Gasteiger partial charge in [-0.05, 0) is 0 Å². The molecule has 0 aliphatic carbocycles. The van der Waals surface area contributed by atoms with Gasteiger partial charge in [0.25, 0.3) is 0 Å². The van der Waals surface area contributed by atoms with Crippen LogP contribution in [0.5, 0.6) is 0 Å². The Bertz CT molecular complexity index is 82.3. The van der Waals surface area contributed by atoms with Crippen LogP contribution in [-0.2, 0) is 12.3 Å². The van der Waals surface area contributed by atoms with E-state index in [-0.39, 0.29) is 0 Å². The molecule has 3 nitrogen and oxygen atoms in total. The minimum absolute atomic E-state index is 1.33. The van der Waals surface area contributed by atoms with E-state index in [1.54, 1.807) is 0 Å². The molecular weight excluding hydrogens is 212 g/mol. The standard InChI is InChI=1S/CH3NO2.2CH3.2H2S.Zn/c2-1(3)4;;;;;/h2H2,(H,3,4);2*1H3;2*1H2;/q;;;;;+2/p-2. The molecule has 0 rings (SSSR count). The third kappa shape index (κ3) is 1060. The molecule has 0 fully saturated rings. The second-order valence-corrected chi connectivity index (χ2v) is 30.3. The second-order valence-electron chi connectivity index (χ2n) is 2.45. The third-order valence-electron chi connectivity index (χ3n) is 0. The Balaban J connectivity index is 0. The molecule has 0 aliphatic heterocycles. The molecule has 0 aliphatic rings. The van der Waals surface area contributed by atoms with Crippen LogP contribution in [0.25, 0.3) is 0 Å². The van der Waals surface area contributed by atoms with Gasteiger partial charge in [-0.15, -0.1) is 0 Å². The Labute approximate surface area is 66.3 Å². The maximum absolute atomic E-state index is 8.78. The van der Waals surface area contributed by atoms with Gasteiger partial charge in [-0.25, -0.2) is 4.79 Å². The van der Waals surface area contributed by atoms with Crippen molar-refractivity contribution in [3.63, 3.8) is 0 Å². The van der Waals surface area contributed by atoms with Crippen molar-refractivity contribution >= 4 is 27.3 Å². The van der Waals surface area contributed by atoms with E-state index in [1.165, 1.54) is 0 Å². The molecule has 0 bridgehead atoms. The van der Waals surface area contributed by atoms with E-state index in [4.69, 9.17) is 9.90 Å². The van der Waals surface area contributed by atoms with Gasteiger partial charge in [0.1, 0.15) is 0 Å². The SMILES string of the molecule is NC(=O)O.[CH3][Zn]([CH3])([SH])[SH]. The Kier molecular flexibility index (Phi) is 7.35. The number of primary amides is 1. The van der Waals surface area contributed by atoms with Crippen molar-refractivity contribution < 1.29 is 22.2 Å². The Morgan fingerprint density at radius 1 is 1.56 bits per heavy atom. The average Bonchev–Trinajstić information content (AvgIpc) is 1.19. The first kappa shape index (κ1) is 12.3. The van der Waals surface area contributed by atoms with Gasteiger partial charge in [0.15, 0.2) is 0 Å². The number of hydrogen-bond donors (Lipinski definition) is 4. The molecule has 3 N–H and O–H groups in total. The number of thiol groups is 2. The molecule has 54 valence electrons. The fraction of sp³-hybridized carbons (Fsp3) is 0.667. The fourth-order valence-electron chi connectivity index (χ4n) is 0. The molecule has 0 aromatic rings. The minimum atomic E-state index is -1.86. The monoisotopic (exact) mass is 221 g/mol. The van der Waals surface area contributed by atoms with E-state index in [2.05, 4.69) is 38.0 Å². The van der Waals surface area contributed by atoms with Gasteiger partial charge in [0.05, 0.1) is 0 Å². The normalized spacial score (nSPS) is 7.56. The van der Waals surface area contributed by atoms with Crippen LogP contribution < -0.4 is 5.73 Å². The summed E-state index contributed by atoms with van der Waals surface area (Å²) in [4.78, 5) is 8.78. The molecule has 0 spiro atoms. The molecule has 0 saturated heterocycles. The van der Waals surface area contributed by atoms with E-state index in [1.807, 2.05) is 0 Å². The van der Waals surface area contributed by atoms with E-state index in [9.17, 15) is 0 Å². The van der Waals surface area contributed by atoms with Crippen LogP contribution in [0.1, 0.15) is 0 Å². The average molecular weight is 223 g/mol. The van der Waals surface area contributed by atoms with E-state index >= 15 is 0 Å². The van der Waals surface area contributed by atoms with Crippen LogP contribution in [0.3, 0.4) is 0 Å². The predicted molar refractivity (Wildman–Crippen MR) is 41.9 cm³/mol. The summed E-state index contributed by atoms with van der Waals surface area (Å²) < 4.78 is 0. The number of nitrogens with two attached hydrogens (primary N) is 1. The van der Waals surface area contributed by atoms with E-state index in [0.29, 0.717) is 0 Å². The third-order valence-corrected chi connectivity index (χ3v) is 0. The van der Waals surface area contributed by atoms with Crippen LogP contribution in [0.15, 0.2) is 0 Å². The summed E-state index contributed by atoms with van der Waals surface area (Å²) in [6, 6.07) is 0. The number of carboxylic acid groups (broad SMARTS) is 1. The maximum atomic E-state index is 8.78. The number of hydrogen-bond acceptors (Lipinski definition) is 3. The Morgan fingerprint density at radius 3 is 1.56 bits per heavy atom. The van der Waals surface area contributed by atoms with Crippen molar-refractivity contribution in [1.29, 1.82) is 0 Å². The van der Waals surface area contributed by atoms with Gasteiger partial charge in [-0.3, -0.25) is 0 Å². The van der Waals surface area contributed by atoms with Gasteiger partial charge in [-0.1, -0.05) is 0 Å². The first-order valence-corrected chi connectivity index (χ1v) is 17.9. The van der Waals surface area contributed by atoms with Crippen LogP contribution in [-0.4, -0.2) is 11.2 Å². The molecule has 0 aromatic heterocycles. The van der Waals surface area contributed by atoms with Crippen molar-refractivity contribution in [3.8, 4) is 0 Å². The van der Waals surface area contributed by atoms with E-state index in [0.717, 1.165) is 0 Å². The molecule has 0 aromatic carbocycles. The number of carbonyl (C=O) groups is 1. The quantitative estimate of drug-likeness (QED) is 0.371. The first-order chi connectivity index (χ1) is 3.73. The van der Waals surface area contributed by atoms with Crippen molar-refractivity contribution in [2.75, 3.05) is 0 Å². The molecule has 0 radical (unpaired) electrons. The Morgan fingerprint density at radius 2 is 1.56 bits per heavy atom. The summed E-state index contributed by atoms with van der Waals surface area (Å²) >= 11 is -1.86. The Hall–Kier alpha value is 0.593. The van der Waals surface area contributed by atoms with Crippen molar-refractivity contribution in [2.45, 2.75) is 11.0 Å². The zero-order valence-corrected chi connectivity index (χ0v) is 10.3. The van der Waals surface area contributed by atoms with Gasteiger partial charge < -0.3 is 10.8 Å². The topological polar surface area (TPSA) is 63.3 Å². The van der Waals surface area contributed by atoms with E-state index < -0.39 is 18.4 Å². The van der Waals surface area contributed by atoms with Gasteiger partial charge in [0, 0.05) is 0 Å². The molecule has 0 unspecified atom stereocenters. The number of rotatable bonds is 0. The second kappa shape index (κ2) is 5.38. The van der Waals surface area contributed by atoms with Crippen molar-refractivity contribution in [2.24, 2.45) is 5.73 Å². The molecule has 0 heterocycles. The molecule has 0 atom stereocenters. The molecule has 0 saturated carbocycles. The molecule has 9 heavy (non-hydrogen) atoms. The summed E-state index contributed by atoms with van der Waals surface area (Å²) in [5, 5.41) is 7.19. The zero-order valence-electron chi connectivity index (χ0n) is 5.53. The van der Waals surface area contributed by atoms with Gasteiger partial charge >= 0.3 is 50.7 Å². The van der Waals surface area contributed by atoms with Crippen molar-refractivity contribution in [1.82, 2.24) is 0 Å².